The number of aromatic nitrogens is 2. The fraction of sp³-hybridized carbons (Fsp3) is 0.0909. The Labute approximate surface area is 86.8 Å². The summed E-state index contributed by atoms with van der Waals surface area (Å²) in [4.78, 5) is 14.8. The molecule has 0 radical (unpaired) electrons. The molecule has 0 aromatic carbocycles. The average molecular weight is 202 g/mol. The van der Waals surface area contributed by atoms with Crippen molar-refractivity contribution >= 4 is 5.97 Å². The minimum atomic E-state index is -0.907. The van der Waals surface area contributed by atoms with Crippen molar-refractivity contribution in [2.45, 2.75) is 6.92 Å². The second kappa shape index (κ2) is 3.57. The van der Waals surface area contributed by atoms with E-state index in [1.807, 2.05) is 12.1 Å². The SMILES string of the molecule is Cc1c(C(=O)O)ccn1-c1cccnc1. The van der Waals surface area contributed by atoms with Gasteiger partial charge in [0.25, 0.3) is 0 Å². The lowest BCUT2D eigenvalue weighted by Crippen LogP contribution is -2.01. The number of aromatic carboxylic acids is 1. The maximum atomic E-state index is 10.8. The maximum absolute atomic E-state index is 10.8. The summed E-state index contributed by atoms with van der Waals surface area (Å²) in [6, 6.07) is 5.28. The summed E-state index contributed by atoms with van der Waals surface area (Å²) in [5, 5.41) is 8.90. The van der Waals surface area contributed by atoms with Crippen LogP contribution in [0.25, 0.3) is 5.69 Å². The van der Waals surface area contributed by atoms with Gasteiger partial charge in [-0.05, 0) is 25.1 Å². The summed E-state index contributed by atoms with van der Waals surface area (Å²) in [5.41, 5.74) is 1.89. The first-order chi connectivity index (χ1) is 7.20. The van der Waals surface area contributed by atoms with Crippen LogP contribution in [0.2, 0.25) is 0 Å². The van der Waals surface area contributed by atoms with E-state index >= 15 is 0 Å². The Kier molecular flexibility index (Phi) is 2.25. The molecule has 2 heterocycles. The largest absolute Gasteiger partial charge is 0.478 e. The van der Waals surface area contributed by atoms with Gasteiger partial charge in [0.2, 0.25) is 0 Å². The van der Waals surface area contributed by atoms with E-state index in [-0.39, 0.29) is 0 Å². The number of carboxylic acid groups (broad SMARTS) is 1. The molecular weight excluding hydrogens is 192 g/mol. The molecule has 0 saturated carbocycles. The molecule has 0 aliphatic carbocycles. The van der Waals surface area contributed by atoms with Crippen molar-refractivity contribution < 1.29 is 9.90 Å². The fourth-order valence-electron chi connectivity index (χ4n) is 1.51. The van der Waals surface area contributed by atoms with E-state index in [1.54, 1.807) is 36.1 Å². The van der Waals surface area contributed by atoms with Crippen LogP contribution < -0.4 is 0 Å². The lowest BCUT2D eigenvalue weighted by Gasteiger charge is -2.05. The second-order valence-electron chi connectivity index (χ2n) is 3.20. The summed E-state index contributed by atoms with van der Waals surface area (Å²) in [7, 11) is 0. The second-order valence-corrected chi connectivity index (χ2v) is 3.20. The summed E-state index contributed by atoms with van der Waals surface area (Å²) >= 11 is 0. The summed E-state index contributed by atoms with van der Waals surface area (Å²) in [5.74, 6) is -0.907. The van der Waals surface area contributed by atoms with Gasteiger partial charge >= 0.3 is 5.97 Å². The molecule has 15 heavy (non-hydrogen) atoms. The van der Waals surface area contributed by atoms with Crippen molar-refractivity contribution in [1.82, 2.24) is 9.55 Å². The van der Waals surface area contributed by atoms with Crippen LogP contribution in [0.4, 0.5) is 0 Å². The molecule has 0 atom stereocenters. The van der Waals surface area contributed by atoms with E-state index in [9.17, 15) is 4.79 Å². The van der Waals surface area contributed by atoms with Crippen LogP contribution in [0.3, 0.4) is 0 Å². The predicted molar refractivity (Wildman–Crippen MR) is 55.3 cm³/mol. The quantitative estimate of drug-likeness (QED) is 0.808. The first-order valence-corrected chi connectivity index (χ1v) is 4.52. The van der Waals surface area contributed by atoms with E-state index in [4.69, 9.17) is 5.11 Å². The Balaban J connectivity index is 2.52. The molecule has 1 N–H and O–H groups in total. The van der Waals surface area contributed by atoms with Crippen LogP contribution in [0.1, 0.15) is 16.1 Å². The van der Waals surface area contributed by atoms with Crippen molar-refractivity contribution in [3.8, 4) is 5.69 Å². The molecule has 0 bridgehead atoms. The number of nitrogens with zero attached hydrogens (tertiary/aromatic N) is 2. The molecule has 0 amide bonds. The van der Waals surface area contributed by atoms with Crippen LogP contribution in [0.15, 0.2) is 36.8 Å². The highest BCUT2D eigenvalue weighted by Crippen LogP contribution is 2.15. The van der Waals surface area contributed by atoms with Crippen LogP contribution in [0, 0.1) is 6.92 Å². The van der Waals surface area contributed by atoms with Gasteiger partial charge in [-0.3, -0.25) is 4.98 Å². The zero-order valence-electron chi connectivity index (χ0n) is 8.21. The fourth-order valence-corrected chi connectivity index (χ4v) is 1.51. The lowest BCUT2D eigenvalue weighted by atomic mass is 10.2. The Bertz CT molecular complexity index is 489. The highest BCUT2D eigenvalue weighted by Gasteiger charge is 2.11. The molecule has 76 valence electrons. The number of hydrogen-bond donors (Lipinski definition) is 1. The third kappa shape index (κ3) is 1.61. The summed E-state index contributed by atoms with van der Waals surface area (Å²) in [6.45, 7) is 1.77. The first kappa shape index (κ1) is 9.45. The van der Waals surface area contributed by atoms with Crippen LogP contribution in [-0.4, -0.2) is 20.6 Å². The van der Waals surface area contributed by atoms with Gasteiger partial charge in [0.05, 0.1) is 17.4 Å². The number of carboxylic acids is 1. The number of rotatable bonds is 2. The van der Waals surface area contributed by atoms with Crippen molar-refractivity contribution in [2.24, 2.45) is 0 Å². The Morgan fingerprint density at radius 3 is 2.80 bits per heavy atom. The third-order valence-electron chi connectivity index (χ3n) is 2.30. The molecule has 0 saturated heterocycles. The number of pyridine rings is 1. The molecule has 0 fully saturated rings. The number of carbonyl (C=O) groups is 1. The van der Waals surface area contributed by atoms with Gasteiger partial charge in [0.15, 0.2) is 0 Å². The molecule has 0 unspecified atom stereocenters. The topological polar surface area (TPSA) is 55.1 Å². The highest BCUT2D eigenvalue weighted by atomic mass is 16.4. The number of hydrogen-bond acceptors (Lipinski definition) is 2. The average Bonchev–Trinajstić information content (AvgIpc) is 2.61. The van der Waals surface area contributed by atoms with E-state index in [0.717, 1.165) is 5.69 Å². The van der Waals surface area contributed by atoms with Crippen molar-refractivity contribution in [1.29, 1.82) is 0 Å². The van der Waals surface area contributed by atoms with Crippen molar-refractivity contribution in [3.05, 3.63) is 48.0 Å². The van der Waals surface area contributed by atoms with Gasteiger partial charge in [-0.1, -0.05) is 0 Å². The standard InChI is InChI=1S/C11H10N2O2/c1-8-10(11(14)15)4-6-13(8)9-3-2-5-12-7-9/h2-7H,1H3,(H,14,15). The molecule has 4 nitrogen and oxygen atoms in total. The normalized spacial score (nSPS) is 10.2. The zero-order valence-corrected chi connectivity index (χ0v) is 8.21. The summed E-state index contributed by atoms with van der Waals surface area (Å²) in [6.07, 6.45) is 5.11. The van der Waals surface area contributed by atoms with Gasteiger partial charge < -0.3 is 9.67 Å². The van der Waals surface area contributed by atoms with Gasteiger partial charge in [-0.2, -0.15) is 0 Å². The molecule has 2 aromatic heterocycles. The van der Waals surface area contributed by atoms with Crippen LogP contribution >= 0.6 is 0 Å². The molecule has 4 heteroatoms. The Morgan fingerprint density at radius 1 is 1.47 bits per heavy atom. The van der Waals surface area contributed by atoms with Crippen molar-refractivity contribution in [2.75, 3.05) is 0 Å². The van der Waals surface area contributed by atoms with Gasteiger partial charge in [0.1, 0.15) is 0 Å². The monoisotopic (exact) mass is 202 g/mol. The molecule has 0 aliphatic rings. The molecule has 0 aliphatic heterocycles. The highest BCUT2D eigenvalue weighted by molar-refractivity contribution is 5.89. The first-order valence-electron chi connectivity index (χ1n) is 4.52. The van der Waals surface area contributed by atoms with Gasteiger partial charge in [-0.15, -0.1) is 0 Å². The van der Waals surface area contributed by atoms with E-state index in [1.165, 1.54) is 0 Å². The van der Waals surface area contributed by atoms with Crippen LogP contribution in [-0.2, 0) is 0 Å². The third-order valence-corrected chi connectivity index (χ3v) is 2.30. The zero-order chi connectivity index (χ0) is 10.8. The molecule has 2 rings (SSSR count). The minimum Gasteiger partial charge on any atom is -0.478 e. The van der Waals surface area contributed by atoms with Gasteiger partial charge in [-0.25, -0.2) is 4.79 Å². The van der Waals surface area contributed by atoms with E-state index in [0.29, 0.717) is 11.3 Å². The lowest BCUT2D eigenvalue weighted by molar-refractivity contribution is 0.0696. The predicted octanol–water partition coefficient (Wildman–Crippen LogP) is 1.88. The minimum absolute atomic E-state index is 0.318. The summed E-state index contributed by atoms with van der Waals surface area (Å²) < 4.78 is 1.80. The van der Waals surface area contributed by atoms with Crippen LogP contribution in [0.5, 0.6) is 0 Å². The van der Waals surface area contributed by atoms with Crippen molar-refractivity contribution in [3.63, 3.8) is 0 Å². The Morgan fingerprint density at radius 2 is 2.27 bits per heavy atom. The molecule has 0 spiro atoms. The molecule has 2 aromatic rings. The maximum Gasteiger partial charge on any atom is 0.337 e. The smallest absolute Gasteiger partial charge is 0.337 e. The van der Waals surface area contributed by atoms with E-state index in [2.05, 4.69) is 4.98 Å². The Hall–Kier alpha value is -2.10. The molecular formula is C11H10N2O2. The van der Waals surface area contributed by atoms with E-state index < -0.39 is 5.97 Å². The van der Waals surface area contributed by atoms with Gasteiger partial charge in [0, 0.05) is 18.1 Å².